The standard InChI is InChI=1S/C22H27N3O3S/c1-3-13-29(27,28)24-15-21-17(2)23-14-19-16-25(12-11-20(19)21)22(26)10-9-18-7-5-4-6-8-18/h4-10,14,24H,3,11-13,15-16H2,1-2H3/b10-9+. The van der Waals surface area contributed by atoms with E-state index in [9.17, 15) is 13.2 Å². The lowest BCUT2D eigenvalue weighted by Crippen LogP contribution is -2.36. The second kappa shape index (κ2) is 9.33. The highest BCUT2D eigenvalue weighted by Crippen LogP contribution is 2.24. The average molecular weight is 414 g/mol. The number of aromatic nitrogens is 1. The zero-order valence-corrected chi connectivity index (χ0v) is 17.7. The van der Waals surface area contributed by atoms with E-state index in [-0.39, 0.29) is 18.2 Å². The summed E-state index contributed by atoms with van der Waals surface area (Å²) in [6.07, 6.45) is 6.48. The van der Waals surface area contributed by atoms with Gasteiger partial charge >= 0.3 is 0 Å². The van der Waals surface area contributed by atoms with Crippen LogP contribution in [0.3, 0.4) is 0 Å². The predicted molar refractivity (Wildman–Crippen MR) is 114 cm³/mol. The molecule has 7 heteroatoms. The fourth-order valence-electron chi connectivity index (χ4n) is 3.50. The third-order valence-electron chi connectivity index (χ3n) is 5.07. The molecule has 29 heavy (non-hydrogen) atoms. The summed E-state index contributed by atoms with van der Waals surface area (Å²) in [4.78, 5) is 18.8. The monoisotopic (exact) mass is 413 g/mol. The second-order valence-electron chi connectivity index (χ2n) is 7.22. The van der Waals surface area contributed by atoms with Gasteiger partial charge in [-0.25, -0.2) is 13.1 Å². The van der Waals surface area contributed by atoms with Crippen molar-refractivity contribution in [3.8, 4) is 0 Å². The highest BCUT2D eigenvalue weighted by Gasteiger charge is 2.23. The molecule has 3 rings (SSSR count). The number of pyridine rings is 1. The molecule has 0 saturated heterocycles. The van der Waals surface area contributed by atoms with E-state index in [0.717, 1.165) is 27.9 Å². The van der Waals surface area contributed by atoms with Crippen LogP contribution in [0.2, 0.25) is 0 Å². The summed E-state index contributed by atoms with van der Waals surface area (Å²) in [5.74, 6) is 0.0788. The van der Waals surface area contributed by atoms with Gasteiger partial charge in [-0.05, 0) is 48.1 Å². The van der Waals surface area contributed by atoms with Gasteiger partial charge in [-0.3, -0.25) is 9.78 Å². The number of nitrogens with one attached hydrogen (secondary N) is 1. The van der Waals surface area contributed by atoms with Gasteiger partial charge in [0, 0.05) is 37.6 Å². The molecule has 0 unspecified atom stereocenters. The topological polar surface area (TPSA) is 79.4 Å². The molecule has 6 nitrogen and oxygen atoms in total. The lowest BCUT2D eigenvalue weighted by atomic mass is 9.95. The molecule has 0 spiro atoms. The number of hydrogen-bond donors (Lipinski definition) is 1. The number of hydrogen-bond acceptors (Lipinski definition) is 4. The molecule has 154 valence electrons. The lowest BCUT2D eigenvalue weighted by molar-refractivity contribution is -0.126. The molecule has 1 aromatic heterocycles. The summed E-state index contributed by atoms with van der Waals surface area (Å²) in [6.45, 7) is 5.06. The molecule has 2 heterocycles. The molecule has 0 bridgehead atoms. The Kier molecular flexibility index (Phi) is 6.82. The zero-order chi connectivity index (χ0) is 20.9. The quantitative estimate of drug-likeness (QED) is 0.708. The van der Waals surface area contributed by atoms with Gasteiger partial charge in [0.1, 0.15) is 0 Å². The molecule has 2 aromatic rings. The van der Waals surface area contributed by atoms with E-state index in [1.54, 1.807) is 17.2 Å². The van der Waals surface area contributed by atoms with Gasteiger partial charge in [-0.2, -0.15) is 0 Å². The fourth-order valence-corrected chi connectivity index (χ4v) is 4.55. The molecule has 0 saturated carbocycles. The molecule has 0 radical (unpaired) electrons. The minimum atomic E-state index is -3.28. The number of aryl methyl sites for hydroxylation is 1. The number of sulfonamides is 1. The Hall–Kier alpha value is -2.51. The smallest absolute Gasteiger partial charge is 0.246 e. The highest BCUT2D eigenvalue weighted by atomic mass is 32.2. The average Bonchev–Trinajstić information content (AvgIpc) is 2.71. The molecular weight excluding hydrogens is 386 g/mol. The van der Waals surface area contributed by atoms with Gasteiger partial charge in [-0.1, -0.05) is 37.3 Å². The van der Waals surface area contributed by atoms with Crippen molar-refractivity contribution in [2.75, 3.05) is 12.3 Å². The molecule has 1 aromatic carbocycles. The molecule has 0 aliphatic carbocycles. The van der Waals surface area contributed by atoms with Crippen LogP contribution in [0, 0.1) is 6.92 Å². The van der Waals surface area contributed by atoms with Crippen molar-refractivity contribution < 1.29 is 13.2 Å². The summed E-state index contributed by atoms with van der Waals surface area (Å²) >= 11 is 0. The largest absolute Gasteiger partial charge is 0.334 e. The van der Waals surface area contributed by atoms with E-state index in [0.29, 0.717) is 25.9 Å². The van der Waals surface area contributed by atoms with Crippen molar-refractivity contribution in [2.24, 2.45) is 0 Å². The van der Waals surface area contributed by atoms with Crippen molar-refractivity contribution in [1.82, 2.24) is 14.6 Å². The first-order valence-electron chi connectivity index (χ1n) is 9.85. The molecule has 0 atom stereocenters. The van der Waals surface area contributed by atoms with Crippen LogP contribution in [-0.4, -0.2) is 36.5 Å². The first kappa shape index (κ1) is 21.2. The van der Waals surface area contributed by atoms with Gasteiger partial charge in [-0.15, -0.1) is 0 Å². The molecule has 1 aliphatic rings. The van der Waals surface area contributed by atoms with Gasteiger partial charge in [0.2, 0.25) is 15.9 Å². The lowest BCUT2D eigenvalue weighted by Gasteiger charge is -2.30. The Morgan fingerprint density at radius 2 is 2.03 bits per heavy atom. The number of carbonyl (C=O) groups is 1. The second-order valence-corrected chi connectivity index (χ2v) is 9.15. The van der Waals surface area contributed by atoms with E-state index in [4.69, 9.17) is 0 Å². The van der Waals surface area contributed by atoms with Crippen LogP contribution in [0.15, 0.2) is 42.6 Å². The van der Waals surface area contributed by atoms with Crippen LogP contribution < -0.4 is 4.72 Å². The fraction of sp³-hybridized carbons (Fsp3) is 0.364. The SMILES string of the molecule is CCCS(=O)(=O)NCc1c(C)ncc2c1CCN(C(=O)/C=C/c1ccccc1)C2. The van der Waals surface area contributed by atoms with E-state index in [1.807, 2.05) is 50.3 Å². The van der Waals surface area contributed by atoms with E-state index >= 15 is 0 Å². The normalized spacial score (nSPS) is 14.2. The van der Waals surface area contributed by atoms with Gasteiger partial charge in [0.25, 0.3) is 0 Å². The number of carbonyl (C=O) groups excluding carboxylic acids is 1. The molecule has 1 aliphatic heterocycles. The highest BCUT2D eigenvalue weighted by molar-refractivity contribution is 7.89. The summed E-state index contributed by atoms with van der Waals surface area (Å²) in [6, 6.07) is 9.72. The zero-order valence-electron chi connectivity index (χ0n) is 16.9. The summed E-state index contributed by atoms with van der Waals surface area (Å²) in [5, 5.41) is 0. The maximum Gasteiger partial charge on any atom is 0.246 e. The van der Waals surface area contributed by atoms with Crippen molar-refractivity contribution in [3.63, 3.8) is 0 Å². The van der Waals surface area contributed by atoms with Crippen molar-refractivity contribution in [3.05, 3.63) is 70.6 Å². The maximum absolute atomic E-state index is 12.6. The Labute approximate surface area is 172 Å². The molecule has 0 fully saturated rings. The van der Waals surface area contributed by atoms with E-state index < -0.39 is 10.0 Å². The molecule has 1 N–H and O–H groups in total. The number of fused-ring (bicyclic) bond motifs is 1. The van der Waals surface area contributed by atoms with Crippen LogP contribution in [0.4, 0.5) is 0 Å². The molecule has 1 amide bonds. The van der Waals surface area contributed by atoms with Crippen LogP contribution in [-0.2, 0) is 34.3 Å². The number of nitrogens with zero attached hydrogens (tertiary/aromatic N) is 2. The summed E-state index contributed by atoms with van der Waals surface area (Å²) < 4.78 is 26.7. The van der Waals surface area contributed by atoms with Gasteiger partial charge in [0.15, 0.2) is 0 Å². The minimum Gasteiger partial charge on any atom is -0.334 e. The Balaban J connectivity index is 1.72. The van der Waals surface area contributed by atoms with Crippen LogP contribution in [0.5, 0.6) is 0 Å². The minimum absolute atomic E-state index is 0.0368. The van der Waals surface area contributed by atoms with Gasteiger partial charge in [0.05, 0.1) is 5.75 Å². The third kappa shape index (κ3) is 5.52. The first-order chi connectivity index (χ1) is 13.9. The third-order valence-corrected chi connectivity index (χ3v) is 6.60. The Morgan fingerprint density at radius 1 is 1.28 bits per heavy atom. The Morgan fingerprint density at radius 3 is 2.76 bits per heavy atom. The number of amides is 1. The van der Waals surface area contributed by atoms with Crippen LogP contribution >= 0.6 is 0 Å². The number of benzene rings is 1. The van der Waals surface area contributed by atoms with Crippen molar-refractivity contribution in [2.45, 2.75) is 39.8 Å². The maximum atomic E-state index is 12.6. The van der Waals surface area contributed by atoms with Gasteiger partial charge < -0.3 is 4.90 Å². The first-order valence-corrected chi connectivity index (χ1v) is 11.5. The van der Waals surface area contributed by atoms with E-state index in [2.05, 4.69) is 9.71 Å². The van der Waals surface area contributed by atoms with E-state index in [1.165, 1.54) is 0 Å². The van der Waals surface area contributed by atoms with Crippen LogP contribution in [0.25, 0.3) is 6.08 Å². The summed E-state index contributed by atoms with van der Waals surface area (Å²) in [7, 11) is -3.28. The number of rotatable bonds is 7. The van der Waals surface area contributed by atoms with Crippen molar-refractivity contribution >= 4 is 22.0 Å². The van der Waals surface area contributed by atoms with Crippen LogP contribution in [0.1, 0.15) is 41.3 Å². The predicted octanol–water partition coefficient (Wildman–Crippen LogP) is 2.82. The van der Waals surface area contributed by atoms with Crippen molar-refractivity contribution in [1.29, 1.82) is 0 Å². The molecular formula is C22H27N3O3S. The Bertz CT molecular complexity index is 1000. The summed E-state index contributed by atoms with van der Waals surface area (Å²) in [5.41, 5.74) is 4.82.